The van der Waals surface area contributed by atoms with E-state index in [9.17, 15) is 12.0 Å². The minimum absolute atomic E-state index is 0.0157. The fourth-order valence-electron chi connectivity index (χ4n) is 9.33. The Morgan fingerprint density at radius 3 is 1.74 bits per heavy atom. The van der Waals surface area contributed by atoms with Gasteiger partial charge in [-0.3, -0.25) is 9.55 Å². The van der Waals surface area contributed by atoms with Gasteiger partial charge in [0.2, 0.25) is 0 Å². The SMILES string of the molecule is [2H]c1c([2H])c(C(C([2H])([2H])[2H])(C([2H])([2H])[2H])C([2H])([2H])[2H])c([2H])c([2H])c1-c1ccnc(-c2cc(-c3cccc4c3nc(-c3cc(C(C)(C)C)cc(C(C)(C)C)c3O)n4-c3cc(C([2H])([2H])[2H])c(-c4ccc(C(C)(C)C)cc4)cc3-c3ccccc3)cc(C(C)(C)C)c2)c1. The number of benzene rings is 7. The summed E-state index contributed by atoms with van der Waals surface area (Å²) in [6.45, 7) is 10.8. The third-order valence-electron chi connectivity index (χ3n) is 13.7. The summed E-state index contributed by atoms with van der Waals surface area (Å²) in [5.74, 6) is 0.362. The number of aromatic nitrogens is 3. The molecule has 0 unspecified atom stereocenters. The summed E-state index contributed by atoms with van der Waals surface area (Å²) in [5.41, 5.74) is 3.74. The van der Waals surface area contributed by atoms with Gasteiger partial charge in [0.1, 0.15) is 11.6 Å². The molecule has 4 heteroatoms. The molecule has 0 saturated carbocycles. The van der Waals surface area contributed by atoms with Crippen LogP contribution < -0.4 is 0 Å². The Hall–Kier alpha value is -7.04. The van der Waals surface area contributed by atoms with Gasteiger partial charge in [0.05, 0.1) is 33.5 Å². The molecule has 0 aliphatic rings. The summed E-state index contributed by atoms with van der Waals surface area (Å²) in [7, 11) is 0. The second-order valence-electron chi connectivity index (χ2n) is 23.5. The average molecular weight is 978 g/mol. The van der Waals surface area contributed by atoms with Crippen molar-refractivity contribution in [1.29, 1.82) is 0 Å². The molecule has 4 nitrogen and oxygen atoms in total. The minimum atomic E-state index is -3.84. The number of phenols is 1. The summed E-state index contributed by atoms with van der Waals surface area (Å²) in [6, 6.07) is 36.2. The van der Waals surface area contributed by atoms with Gasteiger partial charge in [0.25, 0.3) is 0 Å². The highest BCUT2D eigenvalue weighted by atomic mass is 16.3. The van der Waals surface area contributed by atoms with E-state index in [-0.39, 0.29) is 27.9 Å². The van der Waals surface area contributed by atoms with E-state index in [1.54, 1.807) is 12.1 Å². The van der Waals surface area contributed by atoms with Crippen molar-refractivity contribution in [2.24, 2.45) is 0 Å². The second kappa shape index (κ2) is 18.5. The van der Waals surface area contributed by atoms with Crippen LogP contribution in [0.3, 0.4) is 0 Å². The van der Waals surface area contributed by atoms with Crippen LogP contribution in [-0.4, -0.2) is 19.6 Å². The fraction of sp³-hybridized carbons (Fsp3) is 0.304. The molecule has 0 aliphatic heterocycles. The fourth-order valence-corrected chi connectivity index (χ4v) is 9.33. The van der Waals surface area contributed by atoms with Gasteiger partial charge in [-0.1, -0.05) is 207 Å². The lowest BCUT2D eigenvalue weighted by Gasteiger charge is -2.28. The van der Waals surface area contributed by atoms with E-state index in [1.165, 1.54) is 12.3 Å². The molecule has 0 atom stereocenters. The molecule has 0 fully saturated rings. The van der Waals surface area contributed by atoms with Gasteiger partial charge in [-0.2, -0.15) is 0 Å². The van der Waals surface area contributed by atoms with E-state index in [1.807, 2.05) is 155 Å². The molecule has 0 radical (unpaired) electrons. The van der Waals surface area contributed by atoms with Gasteiger partial charge in [0.15, 0.2) is 0 Å². The predicted octanol–water partition coefficient (Wildman–Crippen LogP) is 18.9. The van der Waals surface area contributed by atoms with Crippen LogP contribution in [0.25, 0.3) is 83.9 Å². The molecule has 0 saturated heterocycles. The van der Waals surface area contributed by atoms with Crippen molar-refractivity contribution < 1.29 is 27.0 Å². The van der Waals surface area contributed by atoms with Gasteiger partial charge in [-0.25, -0.2) is 4.98 Å². The normalized spacial score (nSPS) is 16.6. The van der Waals surface area contributed by atoms with Crippen molar-refractivity contribution in [3.05, 3.63) is 191 Å². The highest BCUT2D eigenvalue weighted by Gasteiger charge is 2.30. The Morgan fingerprint density at radius 1 is 0.466 bits per heavy atom. The smallest absolute Gasteiger partial charge is 0.149 e. The first-order valence-electron chi connectivity index (χ1n) is 32.8. The predicted molar refractivity (Wildman–Crippen MR) is 311 cm³/mol. The molecule has 73 heavy (non-hydrogen) atoms. The number of pyridine rings is 1. The van der Waals surface area contributed by atoms with Crippen LogP contribution in [0.15, 0.2) is 158 Å². The maximum Gasteiger partial charge on any atom is 0.149 e. The Labute approximate surface area is 458 Å². The zero-order valence-corrected chi connectivity index (χ0v) is 44.0. The summed E-state index contributed by atoms with van der Waals surface area (Å²) in [6.07, 6.45) is 1.41. The lowest BCUT2D eigenvalue weighted by molar-refractivity contribution is 0.446. The number of aromatic hydroxyl groups is 1. The molecule has 2 heterocycles. The van der Waals surface area contributed by atoms with Crippen LogP contribution in [-0.2, 0) is 27.1 Å². The first kappa shape index (κ1) is 34.4. The maximum absolute atomic E-state index is 12.8. The van der Waals surface area contributed by atoms with Crippen molar-refractivity contribution in [3.8, 4) is 78.6 Å². The highest BCUT2D eigenvalue weighted by molar-refractivity contribution is 5.98. The Kier molecular flexibility index (Phi) is 8.70. The van der Waals surface area contributed by atoms with Gasteiger partial charge < -0.3 is 5.11 Å². The van der Waals surface area contributed by atoms with Gasteiger partial charge >= 0.3 is 0 Å². The molecule has 7 aromatic carbocycles. The van der Waals surface area contributed by atoms with Gasteiger partial charge in [0, 0.05) is 44.9 Å². The van der Waals surface area contributed by atoms with Gasteiger partial charge in [-0.15, -0.1) is 0 Å². The Balaban J connectivity index is 1.36. The summed E-state index contributed by atoms with van der Waals surface area (Å²) < 4.78 is 141. The van der Waals surface area contributed by atoms with Crippen molar-refractivity contribution >= 4 is 11.0 Å². The molecule has 2 aromatic heterocycles. The lowest BCUT2D eigenvalue weighted by Crippen LogP contribution is -2.17. The van der Waals surface area contributed by atoms with E-state index in [4.69, 9.17) is 25.0 Å². The quantitative estimate of drug-likeness (QED) is 0.173. The first-order valence-corrected chi connectivity index (χ1v) is 24.8. The van der Waals surface area contributed by atoms with Crippen LogP contribution in [0, 0.1) is 6.85 Å². The van der Waals surface area contributed by atoms with Crippen LogP contribution in [0.1, 0.15) is 159 Å². The zero-order chi connectivity index (χ0) is 66.1. The molecule has 372 valence electrons. The molecule has 0 aliphatic carbocycles. The summed E-state index contributed by atoms with van der Waals surface area (Å²) in [5, 5.41) is 12.8. The molecule has 0 bridgehead atoms. The van der Waals surface area contributed by atoms with Crippen molar-refractivity contribution in [1.82, 2.24) is 14.5 Å². The highest BCUT2D eigenvalue weighted by Crippen LogP contribution is 2.47. The lowest BCUT2D eigenvalue weighted by atomic mass is 9.79. The largest absolute Gasteiger partial charge is 0.507 e. The molecule has 0 spiro atoms. The number of phenolic OH excluding ortho intramolecular Hbond substituents is 1. The number of rotatable bonds is 7. The number of hydrogen-bond acceptors (Lipinski definition) is 3. The molecule has 0 amide bonds. The summed E-state index contributed by atoms with van der Waals surface area (Å²) >= 11 is 0. The minimum Gasteiger partial charge on any atom is -0.507 e. The monoisotopic (exact) mass is 978 g/mol. The number of aryl methyl sites for hydroxylation is 1. The van der Waals surface area contributed by atoms with Crippen LogP contribution in [0.5, 0.6) is 5.75 Å². The summed E-state index contributed by atoms with van der Waals surface area (Å²) in [4.78, 5) is 10.4. The van der Waals surface area contributed by atoms with Gasteiger partial charge in [-0.05, 0) is 144 Å². The second-order valence-corrected chi connectivity index (χ2v) is 23.5. The molecule has 1 N–H and O–H groups in total. The number of hydrogen-bond donors (Lipinski definition) is 1. The van der Waals surface area contributed by atoms with Crippen molar-refractivity contribution in [2.45, 2.75) is 138 Å². The number of nitrogens with zero attached hydrogens (tertiary/aromatic N) is 3. The molecule has 9 aromatic rings. The number of para-hydroxylation sites is 1. The molecular weight excluding hydrogens is 887 g/mol. The van der Waals surface area contributed by atoms with Crippen LogP contribution >= 0.6 is 0 Å². The Morgan fingerprint density at radius 2 is 1.11 bits per heavy atom. The van der Waals surface area contributed by atoms with Crippen molar-refractivity contribution in [2.75, 3.05) is 0 Å². The first-order chi connectivity index (χ1) is 40.8. The molecular formula is C69H75N3O. The standard InChI is InChI=1S/C69H75N3O/c1-43-35-61(56(45-21-18-17-19-22-45)42-55(43)46-27-31-51(32-28-46)66(5,6)7)72-60-24-20-23-54(62(60)71-64(72)57-40-53(68(11,12)13)41-58(63(57)73)69(14,15)16)48-36-49(38-52(37-48)67(8,9)10)59-39-47(33-34-70-59)44-25-29-50(30-26-44)65(2,3)4/h17-42,73H,1-16H3/i1D3,2D3,3D3,4D3,25D,26D,29D,30D. The molecule has 9 rings (SSSR count). The number of imidazole rings is 1. The van der Waals surface area contributed by atoms with Crippen LogP contribution in [0.2, 0.25) is 0 Å². The van der Waals surface area contributed by atoms with E-state index in [0.717, 1.165) is 27.8 Å². The third kappa shape index (κ3) is 10.2. The topological polar surface area (TPSA) is 50.9 Å². The third-order valence-corrected chi connectivity index (χ3v) is 13.7. The average Bonchev–Trinajstić information content (AvgIpc) is 0.785. The van der Waals surface area contributed by atoms with E-state index in [0.29, 0.717) is 67.2 Å². The van der Waals surface area contributed by atoms with E-state index >= 15 is 0 Å². The maximum atomic E-state index is 12.8. The van der Waals surface area contributed by atoms with E-state index in [2.05, 4.69) is 41.5 Å². The van der Waals surface area contributed by atoms with Crippen molar-refractivity contribution in [3.63, 3.8) is 0 Å². The van der Waals surface area contributed by atoms with E-state index < -0.39 is 78.8 Å². The number of fused-ring (bicyclic) bond motifs is 1. The zero-order valence-electron chi connectivity index (χ0n) is 60.0. The Bertz CT molecular complexity index is 4150. The van der Waals surface area contributed by atoms with Crippen LogP contribution in [0.4, 0.5) is 0 Å².